The van der Waals surface area contributed by atoms with Crippen molar-refractivity contribution in [1.82, 2.24) is 15.0 Å². The molecule has 1 aromatic carbocycles. The van der Waals surface area contributed by atoms with E-state index >= 15 is 0 Å². The molecular formula is C10H10BrN5OS. The number of rotatable bonds is 4. The fourth-order valence-corrected chi connectivity index (χ4v) is 2.53. The van der Waals surface area contributed by atoms with Crippen molar-refractivity contribution in [3.63, 3.8) is 0 Å². The van der Waals surface area contributed by atoms with Gasteiger partial charge < -0.3 is 4.74 Å². The molecule has 0 saturated heterocycles. The first-order chi connectivity index (χ1) is 8.71. The van der Waals surface area contributed by atoms with Crippen molar-refractivity contribution in [2.45, 2.75) is 10.1 Å². The summed E-state index contributed by atoms with van der Waals surface area (Å²) >= 11 is 4.80. The molecule has 1 heterocycles. The van der Waals surface area contributed by atoms with Crippen LogP contribution in [0.5, 0.6) is 6.01 Å². The van der Waals surface area contributed by atoms with Crippen LogP contribution in [0.4, 0.5) is 5.95 Å². The van der Waals surface area contributed by atoms with Crippen molar-refractivity contribution in [3.05, 3.63) is 28.7 Å². The Labute approximate surface area is 116 Å². The number of anilines is 1. The lowest BCUT2D eigenvalue weighted by Crippen LogP contribution is -2.12. The molecule has 0 aliphatic heterocycles. The number of nitrogens with one attached hydrogen (secondary N) is 1. The SMILES string of the molecule is COc1nc(NN)nc(Sc2cccc(Br)c2)n1. The van der Waals surface area contributed by atoms with Gasteiger partial charge in [0.1, 0.15) is 0 Å². The number of aromatic nitrogens is 3. The third-order valence-electron chi connectivity index (χ3n) is 1.91. The van der Waals surface area contributed by atoms with Crippen LogP contribution in [-0.2, 0) is 0 Å². The van der Waals surface area contributed by atoms with Crippen LogP contribution in [-0.4, -0.2) is 22.1 Å². The van der Waals surface area contributed by atoms with Crippen LogP contribution >= 0.6 is 27.7 Å². The van der Waals surface area contributed by atoms with E-state index in [4.69, 9.17) is 10.6 Å². The predicted octanol–water partition coefficient (Wildman–Crippen LogP) is 2.08. The van der Waals surface area contributed by atoms with Gasteiger partial charge in [-0.3, -0.25) is 5.43 Å². The summed E-state index contributed by atoms with van der Waals surface area (Å²) in [5.74, 6) is 5.55. The lowest BCUT2D eigenvalue weighted by molar-refractivity contribution is 0.373. The first-order valence-corrected chi connectivity index (χ1v) is 6.52. The molecule has 0 atom stereocenters. The molecule has 6 nitrogen and oxygen atoms in total. The second-order valence-electron chi connectivity index (χ2n) is 3.13. The monoisotopic (exact) mass is 327 g/mol. The molecule has 0 radical (unpaired) electrons. The quantitative estimate of drug-likeness (QED) is 0.656. The number of halogens is 1. The highest BCUT2D eigenvalue weighted by molar-refractivity contribution is 9.10. The molecule has 18 heavy (non-hydrogen) atoms. The summed E-state index contributed by atoms with van der Waals surface area (Å²) < 4.78 is 5.97. The van der Waals surface area contributed by atoms with Crippen LogP contribution in [0.3, 0.4) is 0 Å². The molecule has 0 aliphatic rings. The first-order valence-electron chi connectivity index (χ1n) is 4.91. The van der Waals surface area contributed by atoms with Crippen LogP contribution < -0.4 is 16.0 Å². The molecule has 8 heteroatoms. The molecule has 0 spiro atoms. The minimum absolute atomic E-state index is 0.218. The summed E-state index contributed by atoms with van der Waals surface area (Å²) in [5, 5.41) is 0.507. The largest absolute Gasteiger partial charge is 0.467 e. The molecule has 2 rings (SSSR count). The zero-order valence-corrected chi connectivity index (χ0v) is 11.8. The van der Waals surface area contributed by atoms with E-state index < -0.39 is 0 Å². The molecule has 0 amide bonds. The lowest BCUT2D eigenvalue weighted by atomic mass is 10.4. The third-order valence-corrected chi connectivity index (χ3v) is 3.26. The van der Waals surface area contributed by atoms with Gasteiger partial charge in [0.05, 0.1) is 7.11 Å². The van der Waals surface area contributed by atoms with Gasteiger partial charge in [0, 0.05) is 9.37 Å². The molecule has 94 valence electrons. The Bertz CT molecular complexity index is 531. The Kier molecular flexibility index (Phi) is 4.34. The van der Waals surface area contributed by atoms with Crippen LogP contribution in [0.15, 0.2) is 38.8 Å². The van der Waals surface area contributed by atoms with Gasteiger partial charge >= 0.3 is 6.01 Å². The molecule has 2 aromatic rings. The second kappa shape index (κ2) is 5.98. The second-order valence-corrected chi connectivity index (χ2v) is 5.09. The number of hydrazine groups is 1. The first kappa shape index (κ1) is 13.1. The molecular weight excluding hydrogens is 318 g/mol. The van der Waals surface area contributed by atoms with Crippen molar-refractivity contribution < 1.29 is 4.74 Å². The van der Waals surface area contributed by atoms with Crippen molar-refractivity contribution in [2.24, 2.45) is 5.84 Å². The molecule has 0 unspecified atom stereocenters. The summed E-state index contributed by atoms with van der Waals surface area (Å²) in [6.45, 7) is 0. The molecule has 0 saturated carbocycles. The number of nitrogens with two attached hydrogens (primary N) is 1. The van der Waals surface area contributed by atoms with Gasteiger partial charge in [0.15, 0.2) is 0 Å². The number of benzene rings is 1. The van der Waals surface area contributed by atoms with Gasteiger partial charge in [-0.15, -0.1) is 0 Å². The van der Waals surface area contributed by atoms with Gasteiger partial charge in [-0.05, 0) is 30.0 Å². The normalized spacial score (nSPS) is 10.2. The van der Waals surface area contributed by atoms with E-state index in [0.29, 0.717) is 5.16 Å². The number of nitrogen functional groups attached to an aromatic ring is 1. The highest BCUT2D eigenvalue weighted by atomic mass is 79.9. The Hall–Kier alpha value is -1.38. The molecule has 3 N–H and O–H groups in total. The summed E-state index contributed by atoms with van der Waals surface area (Å²) in [4.78, 5) is 13.2. The average Bonchev–Trinajstić information content (AvgIpc) is 2.38. The molecule has 0 bridgehead atoms. The summed E-state index contributed by atoms with van der Waals surface area (Å²) in [5.41, 5.74) is 2.37. The summed E-state index contributed by atoms with van der Waals surface area (Å²) in [6, 6.07) is 8.03. The van der Waals surface area contributed by atoms with E-state index in [1.165, 1.54) is 18.9 Å². The van der Waals surface area contributed by atoms with Crippen molar-refractivity contribution in [2.75, 3.05) is 12.5 Å². The smallest absolute Gasteiger partial charge is 0.322 e. The highest BCUT2D eigenvalue weighted by Crippen LogP contribution is 2.28. The maximum absolute atomic E-state index is 5.28. The van der Waals surface area contributed by atoms with E-state index in [2.05, 4.69) is 36.3 Å². The van der Waals surface area contributed by atoms with E-state index in [-0.39, 0.29) is 12.0 Å². The standard InChI is InChI=1S/C10H10BrN5OS/c1-17-9-13-8(16-12)14-10(15-9)18-7-4-2-3-6(11)5-7/h2-5H,12H2,1H3,(H,13,14,15,16). The van der Waals surface area contributed by atoms with Gasteiger partial charge in [0.2, 0.25) is 11.1 Å². The lowest BCUT2D eigenvalue weighted by Gasteiger charge is -2.05. The average molecular weight is 328 g/mol. The summed E-state index contributed by atoms with van der Waals surface area (Å²) in [6.07, 6.45) is 0. The summed E-state index contributed by atoms with van der Waals surface area (Å²) in [7, 11) is 1.49. The third kappa shape index (κ3) is 3.31. The zero-order valence-electron chi connectivity index (χ0n) is 9.42. The highest BCUT2D eigenvalue weighted by Gasteiger charge is 2.07. The Morgan fingerprint density at radius 2 is 2.17 bits per heavy atom. The van der Waals surface area contributed by atoms with Crippen molar-refractivity contribution >= 4 is 33.6 Å². The Morgan fingerprint density at radius 3 is 2.83 bits per heavy atom. The minimum Gasteiger partial charge on any atom is -0.467 e. The van der Waals surface area contributed by atoms with Crippen molar-refractivity contribution in [3.8, 4) is 6.01 Å². The fourth-order valence-electron chi connectivity index (χ4n) is 1.18. The van der Waals surface area contributed by atoms with E-state index in [1.807, 2.05) is 24.3 Å². The topological polar surface area (TPSA) is 86.0 Å². The minimum atomic E-state index is 0.218. The van der Waals surface area contributed by atoms with Crippen LogP contribution in [0.25, 0.3) is 0 Å². The van der Waals surface area contributed by atoms with Crippen LogP contribution in [0.1, 0.15) is 0 Å². The predicted molar refractivity (Wildman–Crippen MR) is 72.5 cm³/mol. The Balaban J connectivity index is 2.28. The fraction of sp³-hybridized carbons (Fsp3) is 0.100. The Morgan fingerprint density at radius 1 is 1.33 bits per heavy atom. The van der Waals surface area contributed by atoms with Gasteiger partial charge in [-0.1, -0.05) is 22.0 Å². The number of hydrogen-bond acceptors (Lipinski definition) is 7. The number of hydrogen-bond donors (Lipinski definition) is 2. The van der Waals surface area contributed by atoms with E-state index in [1.54, 1.807) is 0 Å². The van der Waals surface area contributed by atoms with Crippen LogP contribution in [0, 0.1) is 0 Å². The maximum atomic E-state index is 5.28. The van der Waals surface area contributed by atoms with Gasteiger partial charge in [-0.25, -0.2) is 5.84 Å². The van der Waals surface area contributed by atoms with Crippen molar-refractivity contribution in [1.29, 1.82) is 0 Å². The van der Waals surface area contributed by atoms with Gasteiger partial charge in [-0.2, -0.15) is 15.0 Å². The number of methoxy groups -OCH3 is 1. The molecule has 0 fully saturated rings. The van der Waals surface area contributed by atoms with Gasteiger partial charge in [0.25, 0.3) is 0 Å². The number of ether oxygens (including phenoxy) is 1. The maximum Gasteiger partial charge on any atom is 0.322 e. The van der Waals surface area contributed by atoms with Crippen LogP contribution in [0.2, 0.25) is 0 Å². The molecule has 1 aromatic heterocycles. The number of nitrogens with zero attached hydrogens (tertiary/aromatic N) is 3. The van der Waals surface area contributed by atoms with E-state index in [0.717, 1.165) is 9.37 Å². The zero-order chi connectivity index (χ0) is 13.0. The molecule has 0 aliphatic carbocycles. The van der Waals surface area contributed by atoms with E-state index in [9.17, 15) is 0 Å².